The van der Waals surface area contributed by atoms with Gasteiger partial charge in [-0.3, -0.25) is 0 Å². The van der Waals surface area contributed by atoms with E-state index >= 15 is 0 Å². The minimum atomic E-state index is -0.349. The average molecular weight is 309 g/mol. The first-order chi connectivity index (χ1) is 10.9. The highest BCUT2D eigenvalue weighted by atomic mass is 19.1. The summed E-state index contributed by atoms with van der Waals surface area (Å²) in [5.74, 6) is 0.386. The minimum absolute atomic E-state index is 0.193. The SMILES string of the molecule is CC(C)(C)c1nc2c3ccc(F)cc3c3c(cccn3O)c2n1. The molecule has 2 aromatic carbocycles. The van der Waals surface area contributed by atoms with Crippen molar-refractivity contribution < 1.29 is 9.60 Å². The maximum Gasteiger partial charge on any atom is 0.135 e. The van der Waals surface area contributed by atoms with Gasteiger partial charge >= 0.3 is 0 Å². The second kappa shape index (κ2) is 4.41. The molecule has 0 fully saturated rings. The first kappa shape index (κ1) is 13.9. The summed E-state index contributed by atoms with van der Waals surface area (Å²) < 4.78 is 14.8. The predicted octanol–water partition coefficient (Wildman–Crippen LogP) is 4.41. The second-order valence-electron chi connectivity index (χ2n) is 6.80. The lowest BCUT2D eigenvalue weighted by molar-refractivity contribution is 0.199. The van der Waals surface area contributed by atoms with Crippen molar-refractivity contribution in [1.29, 1.82) is 0 Å². The van der Waals surface area contributed by atoms with E-state index in [2.05, 4.69) is 20.8 Å². The lowest BCUT2D eigenvalue weighted by atomic mass is 9.96. The smallest absolute Gasteiger partial charge is 0.135 e. The number of nitrogens with zero attached hydrogens (tertiary/aromatic N) is 3. The molecule has 4 rings (SSSR count). The fourth-order valence-electron chi connectivity index (χ4n) is 2.93. The van der Waals surface area contributed by atoms with E-state index in [-0.39, 0.29) is 11.2 Å². The Kier molecular flexibility index (Phi) is 2.67. The molecule has 2 aromatic heterocycles. The Morgan fingerprint density at radius 3 is 2.39 bits per heavy atom. The first-order valence-electron chi connectivity index (χ1n) is 7.46. The molecule has 0 saturated heterocycles. The van der Waals surface area contributed by atoms with E-state index in [1.807, 2.05) is 6.07 Å². The zero-order chi connectivity index (χ0) is 16.4. The Bertz CT molecular complexity index is 1080. The van der Waals surface area contributed by atoms with Gasteiger partial charge in [-0.1, -0.05) is 20.8 Å². The number of hydrogen-bond donors (Lipinski definition) is 1. The maximum atomic E-state index is 13.8. The summed E-state index contributed by atoms with van der Waals surface area (Å²) in [6.45, 7) is 6.16. The van der Waals surface area contributed by atoms with E-state index in [4.69, 9.17) is 9.97 Å². The minimum Gasteiger partial charge on any atom is -0.428 e. The molecule has 5 heteroatoms. The summed E-state index contributed by atoms with van der Waals surface area (Å²) in [6, 6.07) is 8.13. The summed E-state index contributed by atoms with van der Waals surface area (Å²) in [7, 11) is 0. The summed E-state index contributed by atoms with van der Waals surface area (Å²) in [5.41, 5.74) is 1.81. The van der Waals surface area contributed by atoms with Crippen molar-refractivity contribution in [2.45, 2.75) is 26.2 Å². The third-order valence-electron chi connectivity index (χ3n) is 4.05. The van der Waals surface area contributed by atoms with Gasteiger partial charge in [0.15, 0.2) is 0 Å². The molecule has 0 aliphatic rings. The van der Waals surface area contributed by atoms with Crippen molar-refractivity contribution in [1.82, 2.24) is 14.7 Å². The Morgan fingerprint density at radius 1 is 1.00 bits per heavy atom. The Balaban J connectivity index is 2.32. The molecular formula is C18H16FN3O. The van der Waals surface area contributed by atoms with Crippen molar-refractivity contribution >= 4 is 32.7 Å². The van der Waals surface area contributed by atoms with E-state index < -0.39 is 0 Å². The molecule has 0 saturated carbocycles. The van der Waals surface area contributed by atoms with Crippen LogP contribution in [0.4, 0.5) is 4.39 Å². The molecule has 0 atom stereocenters. The summed E-state index contributed by atoms with van der Waals surface area (Å²) >= 11 is 0. The van der Waals surface area contributed by atoms with Crippen molar-refractivity contribution in [3.8, 4) is 0 Å². The highest BCUT2D eigenvalue weighted by Gasteiger charge is 2.22. The standard InChI is InChI=1S/C18H16FN3O/c1-18(2,3)17-20-14-11-7-6-10(19)9-13(11)16-12(15(14)21-17)5-4-8-22(16)23/h4-9,23H,1-3H3. The van der Waals surface area contributed by atoms with Crippen molar-refractivity contribution in [2.75, 3.05) is 0 Å². The Hall–Kier alpha value is -2.69. The number of benzene rings is 2. The molecule has 4 aromatic rings. The topological polar surface area (TPSA) is 50.9 Å². The first-order valence-corrected chi connectivity index (χ1v) is 7.46. The quantitative estimate of drug-likeness (QED) is 0.386. The van der Waals surface area contributed by atoms with Gasteiger partial charge in [0, 0.05) is 27.8 Å². The molecular weight excluding hydrogens is 293 g/mol. The van der Waals surface area contributed by atoms with Gasteiger partial charge in [0.1, 0.15) is 17.2 Å². The van der Waals surface area contributed by atoms with E-state index in [1.165, 1.54) is 18.3 Å². The Labute approximate surface area is 132 Å². The van der Waals surface area contributed by atoms with Crippen LogP contribution in [0.15, 0.2) is 36.5 Å². The molecule has 116 valence electrons. The van der Waals surface area contributed by atoms with Crippen LogP contribution in [0.1, 0.15) is 26.6 Å². The van der Waals surface area contributed by atoms with Gasteiger partial charge in [0.25, 0.3) is 0 Å². The summed E-state index contributed by atoms with van der Waals surface area (Å²) in [4.78, 5) is 9.39. The summed E-state index contributed by atoms with van der Waals surface area (Å²) in [6.07, 6.45) is 1.53. The van der Waals surface area contributed by atoms with Crippen LogP contribution >= 0.6 is 0 Å². The van der Waals surface area contributed by atoms with E-state index in [0.29, 0.717) is 10.9 Å². The third-order valence-corrected chi connectivity index (χ3v) is 4.05. The molecule has 0 aliphatic heterocycles. The molecule has 2 heterocycles. The molecule has 23 heavy (non-hydrogen) atoms. The van der Waals surface area contributed by atoms with E-state index in [0.717, 1.165) is 32.4 Å². The zero-order valence-corrected chi connectivity index (χ0v) is 13.1. The lowest BCUT2D eigenvalue weighted by Gasteiger charge is -2.12. The van der Waals surface area contributed by atoms with Gasteiger partial charge in [0.05, 0.1) is 11.0 Å². The number of hydrogen-bond acceptors (Lipinski definition) is 3. The van der Waals surface area contributed by atoms with Gasteiger partial charge in [-0.2, -0.15) is 4.73 Å². The molecule has 0 spiro atoms. The highest BCUT2D eigenvalue weighted by Crippen LogP contribution is 2.35. The number of imidazole rings is 1. The van der Waals surface area contributed by atoms with E-state index in [9.17, 15) is 9.60 Å². The number of rotatable bonds is 0. The molecule has 0 bridgehead atoms. The monoisotopic (exact) mass is 309 g/mol. The van der Waals surface area contributed by atoms with Crippen LogP contribution in [0.5, 0.6) is 0 Å². The largest absolute Gasteiger partial charge is 0.428 e. The predicted molar refractivity (Wildman–Crippen MR) is 88.4 cm³/mol. The van der Waals surface area contributed by atoms with Crippen LogP contribution in [-0.4, -0.2) is 19.9 Å². The molecule has 0 unspecified atom stereocenters. The van der Waals surface area contributed by atoms with Crippen LogP contribution < -0.4 is 0 Å². The summed E-state index contributed by atoms with van der Waals surface area (Å²) in [5, 5.41) is 12.4. The molecule has 1 N–H and O–H groups in total. The fraction of sp³-hybridized carbons (Fsp3) is 0.222. The van der Waals surface area contributed by atoms with Gasteiger partial charge in [0.2, 0.25) is 0 Å². The van der Waals surface area contributed by atoms with Crippen molar-refractivity contribution in [3.05, 3.63) is 48.2 Å². The van der Waals surface area contributed by atoms with Crippen LogP contribution in [0, 0.1) is 5.82 Å². The lowest BCUT2D eigenvalue weighted by Crippen LogP contribution is -2.12. The average Bonchev–Trinajstić information content (AvgIpc) is 2.92. The molecule has 4 nitrogen and oxygen atoms in total. The second-order valence-corrected chi connectivity index (χ2v) is 6.80. The Morgan fingerprint density at radius 2 is 1.70 bits per heavy atom. The van der Waals surface area contributed by atoms with Crippen LogP contribution in [0.25, 0.3) is 32.7 Å². The maximum absolute atomic E-state index is 13.8. The molecule has 0 amide bonds. The molecule has 0 aliphatic carbocycles. The number of fused-ring (bicyclic) bond motifs is 6. The third kappa shape index (κ3) is 1.96. The molecule has 0 radical (unpaired) electrons. The fourth-order valence-corrected chi connectivity index (χ4v) is 2.93. The number of pyridine rings is 1. The zero-order valence-electron chi connectivity index (χ0n) is 13.1. The van der Waals surface area contributed by atoms with Crippen molar-refractivity contribution in [3.63, 3.8) is 0 Å². The van der Waals surface area contributed by atoms with Gasteiger partial charge in [-0.05, 0) is 30.3 Å². The van der Waals surface area contributed by atoms with Gasteiger partial charge in [-0.15, -0.1) is 0 Å². The highest BCUT2D eigenvalue weighted by molar-refractivity contribution is 6.22. The van der Waals surface area contributed by atoms with Crippen LogP contribution in [-0.2, 0) is 5.41 Å². The number of aromatic nitrogens is 3. The van der Waals surface area contributed by atoms with Gasteiger partial charge < -0.3 is 5.21 Å². The van der Waals surface area contributed by atoms with Gasteiger partial charge in [-0.25, -0.2) is 14.4 Å². The van der Waals surface area contributed by atoms with Crippen LogP contribution in [0.3, 0.4) is 0 Å². The van der Waals surface area contributed by atoms with Crippen LogP contribution in [0.2, 0.25) is 0 Å². The normalized spacial score (nSPS) is 12.5. The van der Waals surface area contributed by atoms with E-state index in [1.54, 1.807) is 12.1 Å². The van der Waals surface area contributed by atoms with Crippen molar-refractivity contribution in [2.24, 2.45) is 0 Å². The number of halogens is 1.